The maximum absolute atomic E-state index is 11.5. The van der Waals surface area contributed by atoms with Crippen molar-refractivity contribution >= 4 is 34.9 Å². The summed E-state index contributed by atoms with van der Waals surface area (Å²) in [5, 5.41) is 2.79. The summed E-state index contributed by atoms with van der Waals surface area (Å²) in [4.78, 5) is 19.0. The first-order valence-electron chi connectivity index (χ1n) is 5.23. The fourth-order valence-electron chi connectivity index (χ4n) is 1.24. The zero-order valence-corrected chi connectivity index (χ0v) is 10.9. The second-order valence-electron chi connectivity index (χ2n) is 3.76. The van der Waals surface area contributed by atoms with Gasteiger partial charge in [0.1, 0.15) is 11.0 Å². The van der Waals surface area contributed by atoms with Crippen LogP contribution >= 0.6 is 23.2 Å². The fraction of sp³-hybridized carbons (Fsp3) is 0.500. The maximum atomic E-state index is 11.5. The Labute approximate surface area is 110 Å². The minimum absolute atomic E-state index is 0.00313. The number of nitrogens with zero attached hydrogens (tertiary/aromatic N) is 2. The molecule has 1 unspecified atom stereocenters. The van der Waals surface area contributed by atoms with E-state index in [1.54, 1.807) is 0 Å². The van der Waals surface area contributed by atoms with Crippen LogP contribution in [0.1, 0.15) is 26.2 Å². The van der Waals surface area contributed by atoms with Gasteiger partial charge in [0.15, 0.2) is 0 Å². The minimum Gasteiger partial charge on any atom is -0.328 e. The number of anilines is 1. The molecule has 0 aromatic carbocycles. The van der Waals surface area contributed by atoms with Gasteiger partial charge in [-0.2, -0.15) is 0 Å². The topological polar surface area (TPSA) is 80.9 Å². The molecular weight excluding hydrogens is 263 g/mol. The van der Waals surface area contributed by atoms with Crippen molar-refractivity contribution < 1.29 is 4.79 Å². The largest absolute Gasteiger partial charge is 0.328 e. The molecule has 0 aliphatic heterocycles. The number of carbonyl (C=O) groups excluding carboxylic acids is 1. The first kappa shape index (κ1) is 14.2. The van der Waals surface area contributed by atoms with Crippen molar-refractivity contribution in [3.63, 3.8) is 0 Å². The molecule has 3 N–H and O–H groups in total. The number of nitrogens with two attached hydrogens (primary N) is 1. The molecule has 0 saturated heterocycles. The van der Waals surface area contributed by atoms with Crippen molar-refractivity contribution in [3.8, 4) is 0 Å². The van der Waals surface area contributed by atoms with Gasteiger partial charge in [-0.05, 0) is 31.4 Å². The number of hydrogen-bond acceptors (Lipinski definition) is 4. The Morgan fingerprint density at radius 2 is 2.24 bits per heavy atom. The molecule has 1 heterocycles. The van der Waals surface area contributed by atoms with Crippen LogP contribution in [-0.4, -0.2) is 21.9 Å². The summed E-state index contributed by atoms with van der Waals surface area (Å²) in [6, 6.07) is 1.54. The number of hydrogen-bond donors (Lipinski definition) is 2. The van der Waals surface area contributed by atoms with E-state index in [4.69, 9.17) is 28.9 Å². The van der Waals surface area contributed by atoms with Gasteiger partial charge in [0.25, 0.3) is 0 Å². The molecule has 17 heavy (non-hydrogen) atoms. The molecule has 1 aromatic rings. The van der Waals surface area contributed by atoms with Gasteiger partial charge >= 0.3 is 0 Å². The van der Waals surface area contributed by atoms with Crippen molar-refractivity contribution in [2.45, 2.75) is 32.2 Å². The zero-order valence-electron chi connectivity index (χ0n) is 9.41. The van der Waals surface area contributed by atoms with Gasteiger partial charge in [-0.3, -0.25) is 4.79 Å². The normalized spacial score (nSPS) is 12.2. The van der Waals surface area contributed by atoms with Crippen molar-refractivity contribution in [1.82, 2.24) is 9.97 Å². The van der Waals surface area contributed by atoms with E-state index in [0.717, 1.165) is 12.8 Å². The van der Waals surface area contributed by atoms with Gasteiger partial charge in [-0.15, -0.1) is 0 Å². The smallest absolute Gasteiger partial charge is 0.225 e. The Kier molecular flexibility index (Phi) is 5.61. The lowest BCUT2D eigenvalue weighted by atomic mass is 10.1. The summed E-state index contributed by atoms with van der Waals surface area (Å²) in [6.45, 7) is 1.90. The van der Waals surface area contributed by atoms with Crippen LogP contribution in [0.2, 0.25) is 10.4 Å². The number of nitrogens with one attached hydrogen (secondary N) is 1. The highest BCUT2D eigenvalue weighted by molar-refractivity contribution is 6.32. The summed E-state index contributed by atoms with van der Waals surface area (Å²) >= 11 is 11.3. The van der Waals surface area contributed by atoms with Gasteiger partial charge in [-0.1, -0.05) is 11.6 Å². The Morgan fingerprint density at radius 1 is 1.53 bits per heavy atom. The van der Waals surface area contributed by atoms with Crippen LogP contribution in [0.5, 0.6) is 0 Å². The van der Waals surface area contributed by atoms with Crippen LogP contribution < -0.4 is 11.1 Å². The molecule has 0 aliphatic rings. The molecular formula is C10H14Cl2N4O. The summed E-state index contributed by atoms with van der Waals surface area (Å²) in [7, 11) is 0. The van der Waals surface area contributed by atoms with Crippen molar-refractivity contribution in [2.24, 2.45) is 5.73 Å². The summed E-state index contributed by atoms with van der Waals surface area (Å²) in [6.07, 6.45) is 1.93. The number of carbonyl (C=O) groups is 1. The monoisotopic (exact) mass is 276 g/mol. The zero-order chi connectivity index (χ0) is 12.8. The molecule has 1 rings (SSSR count). The van der Waals surface area contributed by atoms with Crippen LogP contribution in [0, 0.1) is 0 Å². The summed E-state index contributed by atoms with van der Waals surface area (Å²) in [5.41, 5.74) is 5.58. The molecule has 0 spiro atoms. The highest BCUT2D eigenvalue weighted by Gasteiger charge is 2.06. The van der Waals surface area contributed by atoms with E-state index in [0.29, 0.717) is 12.2 Å². The molecule has 0 saturated carbocycles. The molecule has 0 radical (unpaired) electrons. The third-order valence-electron chi connectivity index (χ3n) is 2.00. The van der Waals surface area contributed by atoms with Gasteiger partial charge in [0, 0.05) is 18.5 Å². The van der Waals surface area contributed by atoms with Gasteiger partial charge in [0.05, 0.1) is 0 Å². The molecule has 0 aliphatic carbocycles. The van der Waals surface area contributed by atoms with Crippen molar-refractivity contribution in [2.75, 3.05) is 5.32 Å². The Balaban J connectivity index is 2.45. The number of amides is 1. The van der Waals surface area contributed by atoms with Crippen LogP contribution in [0.4, 0.5) is 5.82 Å². The van der Waals surface area contributed by atoms with Gasteiger partial charge in [0.2, 0.25) is 11.2 Å². The maximum Gasteiger partial charge on any atom is 0.225 e. The molecule has 1 atom stereocenters. The highest BCUT2D eigenvalue weighted by Crippen LogP contribution is 2.14. The Morgan fingerprint density at radius 3 is 2.82 bits per heavy atom. The lowest BCUT2D eigenvalue weighted by molar-refractivity contribution is -0.116. The SMILES string of the molecule is CC(N)CCCC(=O)Nc1cc(Cl)nc(Cl)n1. The highest BCUT2D eigenvalue weighted by atomic mass is 35.5. The third kappa shape index (κ3) is 5.81. The Bertz CT molecular complexity index is 378. The van der Waals surface area contributed by atoms with E-state index < -0.39 is 0 Å². The van der Waals surface area contributed by atoms with Gasteiger partial charge < -0.3 is 11.1 Å². The van der Waals surface area contributed by atoms with E-state index in [1.807, 2.05) is 6.92 Å². The quantitative estimate of drug-likeness (QED) is 0.638. The van der Waals surface area contributed by atoms with E-state index in [2.05, 4.69) is 15.3 Å². The van der Waals surface area contributed by atoms with E-state index >= 15 is 0 Å². The lowest BCUT2D eigenvalue weighted by Gasteiger charge is -2.06. The van der Waals surface area contributed by atoms with E-state index in [1.165, 1.54) is 6.07 Å². The first-order valence-corrected chi connectivity index (χ1v) is 5.98. The van der Waals surface area contributed by atoms with E-state index in [9.17, 15) is 4.79 Å². The number of halogens is 2. The average molecular weight is 277 g/mol. The van der Waals surface area contributed by atoms with E-state index in [-0.39, 0.29) is 22.4 Å². The average Bonchev–Trinajstić information content (AvgIpc) is 2.14. The molecule has 1 amide bonds. The molecule has 0 bridgehead atoms. The van der Waals surface area contributed by atoms with Gasteiger partial charge in [-0.25, -0.2) is 9.97 Å². The van der Waals surface area contributed by atoms with Crippen LogP contribution in [0.3, 0.4) is 0 Å². The summed E-state index contributed by atoms with van der Waals surface area (Å²) in [5.74, 6) is 0.164. The molecule has 0 fully saturated rings. The van der Waals surface area contributed by atoms with Crippen LogP contribution in [-0.2, 0) is 4.79 Å². The predicted molar refractivity (Wildman–Crippen MR) is 68.2 cm³/mol. The first-order chi connectivity index (χ1) is 7.97. The fourth-order valence-corrected chi connectivity index (χ4v) is 1.65. The van der Waals surface area contributed by atoms with Crippen LogP contribution in [0.25, 0.3) is 0 Å². The molecule has 7 heteroatoms. The third-order valence-corrected chi connectivity index (χ3v) is 2.36. The van der Waals surface area contributed by atoms with Crippen LogP contribution in [0.15, 0.2) is 6.07 Å². The van der Waals surface area contributed by atoms with Crippen molar-refractivity contribution in [3.05, 3.63) is 16.5 Å². The lowest BCUT2D eigenvalue weighted by Crippen LogP contribution is -2.17. The standard InChI is InChI=1S/C10H14Cl2N4O/c1-6(13)3-2-4-9(17)15-8-5-7(11)14-10(12)16-8/h5-6H,2-4,13H2,1H3,(H,14,15,16,17). The molecule has 5 nitrogen and oxygen atoms in total. The summed E-state index contributed by atoms with van der Waals surface area (Å²) < 4.78 is 0. The minimum atomic E-state index is -0.142. The second kappa shape index (κ2) is 6.74. The number of rotatable bonds is 5. The molecule has 1 aromatic heterocycles. The van der Waals surface area contributed by atoms with Crippen molar-refractivity contribution in [1.29, 1.82) is 0 Å². The molecule has 94 valence electrons. The Hall–Kier alpha value is -0.910. The second-order valence-corrected chi connectivity index (χ2v) is 4.49. The predicted octanol–water partition coefficient (Wildman–Crippen LogP) is 2.24. The number of aromatic nitrogens is 2.